The van der Waals surface area contributed by atoms with Crippen LogP contribution in [0.5, 0.6) is 0 Å². The van der Waals surface area contributed by atoms with Crippen molar-refractivity contribution in [1.82, 2.24) is 5.32 Å². The summed E-state index contributed by atoms with van der Waals surface area (Å²) in [6, 6.07) is -0.592. The van der Waals surface area contributed by atoms with Gasteiger partial charge in [0.25, 0.3) is 0 Å². The highest BCUT2D eigenvalue weighted by Gasteiger charge is 2.30. The second-order valence-corrected chi connectivity index (χ2v) is 6.17. The number of thiol groups is 1. The maximum absolute atomic E-state index is 10.9. The molecule has 0 spiro atoms. The number of rotatable bonds is 8. The zero-order chi connectivity index (χ0) is 15.0. The molecule has 0 unspecified atom stereocenters. The zero-order valence-corrected chi connectivity index (χ0v) is 12.8. The molecule has 0 saturated heterocycles. The molecule has 6 heteroatoms. The van der Waals surface area contributed by atoms with Crippen molar-refractivity contribution in [2.45, 2.75) is 69.6 Å². The predicted octanol–water partition coefficient (Wildman–Crippen LogP) is 2.02. The van der Waals surface area contributed by atoms with Crippen LogP contribution in [0.15, 0.2) is 0 Å². The van der Waals surface area contributed by atoms with Crippen LogP contribution in [-0.4, -0.2) is 45.4 Å². The third-order valence-electron chi connectivity index (χ3n) is 4.09. The first-order valence-electron chi connectivity index (χ1n) is 7.51. The average molecular weight is 305 g/mol. The van der Waals surface area contributed by atoms with Crippen LogP contribution in [0.2, 0.25) is 0 Å². The van der Waals surface area contributed by atoms with Crippen LogP contribution in [0.1, 0.15) is 51.4 Å². The molecule has 1 aliphatic rings. The minimum atomic E-state index is -1.15. The van der Waals surface area contributed by atoms with Crippen molar-refractivity contribution in [3.63, 3.8) is 0 Å². The van der Waals surface area contributed by atoms with Crippen molar-refractivity contribution < 1.29 is 20.1 Å². The van der Waals surface area contributed by atoms with E-state index in [1.807, 2.05) is 0 Å². The van der Waals surface area contributed by atoms with Gasteiger partial charge < -0.3 is 20.6 Å². The normalized spacial score (nSPS) is 21.1. The number of aliphatic hydroxyl groups is 2. The van der Waals surface area contributed by atoms with Crippen molar-refractivity contribution in [2.24, 2.45) is 5.92 Å². The summed E-state index contributed by atoms with van der Waals surface area (Å²) in [5.74, 6) is 1.08. The van der Waals surface area contributed by atoms with E-state index in [0.29, 0.717) is 30.9 Å². The highest BCUT2D eigenvalue weighted by Crippen LogP contribution is 2.28. The Kier molecular flexibility index (Phi) is 8.33. The molecule has 1 fully saturated rings. The molecular formula is C14H27NO4S. The summed E-state index contributed by atoms with van der Waals surface area (Å²) in [5, 5.41) is 31.4. The molecule has 0 aromatic rings. The molecule has 0 aromatic heterocycles. The van der Waals surface area contributed by atoms with Crippen LogP contribution >= 0.6 is 12.6 Å². The van der Waals surface area contributed by atoms with Crippen LogP contribution in [-0.2, 0) is 0 Å². The van der Waals surface area contributed by atoms with Crippen molar-refractivity contribution in [3.05, 3.63) is 0 Å². The van der Waals surface area contributed by atoms with Gasteiger partial charge in [0.1, 0.15) is 6.10 Å². The fourth-order valence-electron chi connectivity index (χ4n) is 2.96. The smallest absolute Gasteiger partial charge is 0.404 e. The fraction of sp³-hybridized carbons (Fsp3) is 0.929. The third kappa shape index (κ3) is 6.33. The van der Waals surface area contributed by atoms with Gasteiger partial charge in [0.05, 0.1) is 12.1 Å². The summed E-state index contributed by atoms with van der Waals surface area (Å²) < 4.78 is 0. The Labute approximate surface area is 126 Å². The first-order valence-corrected chi connectivity index (χ1v) is 8.14. The van der Waals surface area contributed by atoms with Crippen LogP contribution in [0, 0.1) is 5.92 Å². The quantitative estimate of drug-likeness (QED) is 0.444. The first-order chi connectivity index (χ1) is 9.54. The zero-order valence-electron chi connectivity index (χ0n) is 11.9. The predicted molar refractivity (Wildman–Crippen MR) is 81.2 cm³/mol. The fourth-order valence-corrected chi connectivity index (χ4v) is 3.15. The summed E-state index contributed by atoms with van der Waals surface area (Å²) >= 11 is 4.07. The molecule has 0 radical (unpaired) electrons. The number of amides is 1. The second-order valence-electron chi connectivity index (χ2n) is 5.72. The summed E-state index contributed by atoms with van der Waals surface area (Å²) in [6.07, 6.45) is 4.38. The molecule has 0 aromatic carbocycles. The number of hydrogen-bond donors (Lipinski definition) is 5. The van der Waals surface area contributed by atoms with E-state index in [4.69, 9.17) is 5.11 Å². The van der Waals surface area contributed by atoms with Crippen LogP contribution in [0.25, 0.3) is 0 Å². The Morgan fingerprint density at radius 2 is 1.90 bits per heavy atom. The number of hydrogen-bond acceptors (Lipinski definition) is 4. The van der Waals surface area contributed by atoms with Gasteiger partial charge in [0.15, 0.2) is 0 Å². The molecule has 1 rings (SSSR count). The van der Waals surface area contributed by atoms with E-state index in [1.165, 1.54) is 19.3 Å². The molecule has 0 aliphatic heterocycles. The maximum Gasteiger partial charge on any atom is 0.404 e. The molecule has 3 atom stereocenters. The second kappa shape index (κ2) is 9.47. The van der Waals surface area contributed by atoms with Gasteiger partial charge in [0, 0.05) is 0 Å². The molecule has 4 N–H and O–H groups in total. The van der Waals surface area contributed by atoms with Gasteiger partial charge in [-0.1, -0.05) is 32.1 Å². The van der Waals surface area contributed by atoms with E-state index >= 15 is 0 Å². The van der Waals surface area contributed by atoms with Crippen LogP contribution in [0.3, 0.4) is 0 Å². The Morgan fingerprint density at radius 3 is 2.45 bits per heavy atom. The number of aliphatic hydroxyl groups excluding tert-OH is 2. The van der Waals surface area contributed by atoms with Gasteiger partial charge in [-0.25, -0.2) is 4.79 Å². The molecule has 5 nitrogen and oxygen atoms in total. The Bertz CT molecular complexity index is 284. The Balaban J connectivity index is 2.54. The minimum absolute atomic E-state index is 0.437. The van der Waals surface area contributed by atoms with Crippen LogP contribution < -0.4 is 5.32 Å². The standard InChI is InChI=1S/C14H27NO4S/c16-12(7-4-8-20)13(17)11(15-14(18)19)9-10-5-2-1-3-6-10/h10-13,15-17,20H,1-9H2,(H,18,19)/t11-,12+,13+/m0/s1. The molecule has 1 saturated carbocycles. The number of nitrogens with one attached hydrogen (secondary N) is 1. The summed E-state index contributed by atoms with van der Waals surface area (Å²) in [6.45, 7) is 0. The Morgan fingerprint density at radius 1 is 1.25 bits per heavy atom. The van der Waals surface area contributed by atoms with E-state index < -0.39 is 24.3 Å². The topological polar surface area (TPSA) is 89.8 Å². The van der Waals surface area contributed by atoms with Gasteiger partial charge >= 0.3 is 6.09 Å². The summed E-state index contributed by atoms with van der Waals surface area (Å²) in [5.41, 5.74) is 0. The maximum atomic E-state index is 10.9. The van der Waals surface area contributed by atoms with E-state index in [-0.39, 0.29) is 0 Å². The lowest BCUT2D eigenvalue weighted by Crippen LogP contribution is -2.49. The van der Waals surface area contributed by atoms with Crippen molar-refractivity contribution in [1.29, 1.82) is 0 Å². The minimum Gasteiger partial charge on any atom is -0.465 e. The number of carbonyl (C=O) groups is 1. The monoisotopic (exact) mass is 305 g/mol. The SMILES string of the molecule is O=C(O)N[C@@H](CC1CCCCC1)[C@@H](O)[C@H](O)CCCS. The van der Waals surface area contributed by atoms with Crippen molar-refractivity contribution >= 4 is 18.7 Å². The van der Waals surface area contributed by atoms with E-state index in [1.54, 1.807) is 0 Å². The average Bonchev–Trinajstić information content (AvgIpc) is 2.44. The van der Waals surface area contributed by atoms with Crippen molar-refractivity contribution in [3.8, 4) is 0 Å². The van der Waals surface area contributed by atoms with E-state index in [2.05, 4.69) is 17.9 Å². The number of carboxylic acid groups (broad SMARTS) is 1. The largest absolute Gasteiger partial charge is 0.465 e. The lowest BCUT2D eigenvalue weighted by atomic mass is 9.83. The lowest BCUT2D eigenvalue weighted by Gasteiger charge is -2.31. The van der Waals surface area contributed by atoms with Gasteiger partial charge in [-0.2, -0.15) is 12.6 Å². The molecule has 20 heavy (non-hydrogen) atoms. The van der Waals surface area contributed by atoms with Gasteiger partial charge in [0.2, 0.25) is 0 Å². The molecule has 0 bridgehead atoms. The van der Waals surface area contributed by atoms with Gasteiger partial charge in [-0.3, -0.25) is 0 Å². The van der Waals surface area contributed by atoms with Crippen LogP contribution in [0.4, 0.5) is 4.79 Å². The molecule has 1 aliphatic carbocycles. The molecule has 118 valence electrons. The molecule has 0 heterocycles. The van der Waals surface area contributed by atoms with Gasteiger partial charge in [-0.05, 0) is 30.9 Å². The van der Waals surface area contributed by atoms with E-state index in [9.17, 15) is 15.0 Å². The lowest BCUT2D eigenvalue weighted by molar-refractivity contribution is -0.0131. The van der Waals surface area contributed by atoms with Gasteiger partial charge in [-0.15, -0.1) is 0 Å². The van der Waals surface area contributed by atoms with Crippen molar-refractivity contribution in [2.75, 3.05) is 5.75 Å². The first kappa shape index (κ1) is 17.6. The Hall–Kier alpha value is -0.460. The highest BCUT2D eigenvalue weighted by molar-refractivity contribution is 7.80. The molecular weight excluding hydrogens is 278 g/mol. The summed E-state index contributed by atoms with van der Waals surface area (Å²) in [7, 11) is 0. The summed E-state index contributed by atoms with van der Waals surface area (Å²) in [4.78, 5) is 10.9. The van der Waals surface area contributed by atoms with E-state index in [0.717, 1.165) is 12.8 Å². The molecule has 1 amide bonds. The third-order valence-corrected chi connectivity index (χ3v) is 4.40. The highest BCUT2D eigenvalue weighted by atomic mass is 32.1.